The molecule has 4 nitrogen and oxygen atoms in total. The Morgan fingerprint density at radius 1 is 1.22 bits per heavy atom. The van der Waals surface area contributed by atoms with E-state index in [1.807, 2.05) is 6.92 Å². The van der Waals surface area contributed by atoms with Gasteiger partial charge < -0.3 is 10.6 Å². The van der Waals surface area contributed by atoms with Gasteiger partial charge in [0, 0.05) is 18.0 Å². The van der Waals surface area contributed by atoms with Crippen LogP contribution in [0.25, 0.3) is 0 Å². The third-order valence-electron chi connectivity index (χ3n) is 3.95. The normalized spacial score (nSPS) is 15.3. The molecule has 3 rings (SSSR count). The summed E-state index contributed by atoms with van der Waals surface area (Å²) in [6.45, 7) is 4.10. The summed E-state index contributed by atoms with van der Waals surface area (Å²) in [5.41, 5.74) is 0.715. The van der Waals surface area contributed by atoms with Crippen molar-refractivity contribution in [1.29, 1.82) is 0 Å². The SMILES string of the molecule is CC[C@H](C)Nc1nc(Nc2c(F)cccc2F)cc(C2CC2)n1. The van der Waals surface area contributed by atoms with Crippen molar-refractivity contribution in [3.05, 3.63) is 41.6 Å². The summed E-state index contributed by atoms with van der Waals surface area (Å²) in [6.07, 6.45) is 3.11. The van der Waals surface area contributed by atoms with E-state index in [1.165, 1.54) is 18.2 Å². The minimum absolute atomic E-state index is 0.192. The standard InChI is InChI=1S/C17H20F2N4/c1-3-10(2)20-17-21-14(11-7-8-11)9-15(23-17)22-16-12(18)5-4-6-13(16)19/h4-6,9-11H,3,7-8H2,1-2H3,(H2,20,21,22,23)/t10-/m0/s1. The summed E-state index contributed by atoms with van der Waals surface area (Å²) in [6, 6.07) is 5.76. The fourth-order valence-electron chi connectivity index (χ4n) is 2.25. The number of anilines is 3. The fraction of sp³-hybridized carbons (Fsp3) is 0.412. The average Bonchev–Trinajstić information content (AvgIpc) is 3.35. The number of hydrogen-bond acceptors (Lipinski definition) is 4. The van der Waals surface area contributed by atoms with Crippen molar-refractivity contribution in [2.45, 2.75) is 45.1 Å². The number of benzene rings is 1. The number of para-hydroxylation sites is 1. The highest BCUT2D eigenvalue weighted by atomic mass is 19.1. The zero-order valence-corrected chi connectivity index (χ0v) is 13.2. The Morgan fingerprint density at radius 2 is 1.91 bits per heavy atom. The number of halogens is 2. The third kappa shape index (κ3) is 3.75. The van der Waals surface area contributed by atoms with E-state index in [1.54, 1.807) is 6.07 Å². The van der Waals surface area contributed by atoms with Crippen molar-refractivity contribution in [1.82, 2.24) is 9.97 Å². The van der Waals surface area contributed by atoms with Gasteiger partial charge in [0.1, 0.15) is 23.1 Å². The monoisotopic (exact) mass is 318 g/mol. The van der Waals surface area contributed by atoms with Crippen LogP contribution in [0.4, 0.5) is 26.2 Å². The number of rotatable bonds is 6. The lowest BCUT2D eigenvalue weighted by molar-refractivity contribution is 0.590. The molecule has 1 fully saturated rings. The molecule has 0 unspecified atom stereocenters. The van der Waals surface area contributed by atoms with E-state index in [4.69, 9.17) is 0 Å². The second-order valence-corrected chi connectivity index (χ2v) is 5.95. The van der Waals surface area contributed by atoms with Crippen LogP contribution in [-0.4, -0.2) is 16.0 Å². The lowest BCUT2D eigenvalue weighted by atomic mass is 10.2. The van der Waals surface area contributed by atoms with Crippen molar-refractivity contribution < 1.29 is 8.78 Å². The highest BCUT2D eigenvalue weighted by Crippen LogP contribution is 2.40. The van der Waals surface area contributed by atoms with Gasteiger partial charge in [-0.25, -0.2) is 13.8 Å². The highest BCUT2D eigenvalue weighted by molar-refractivity contribution is 5.59. The molecule has 0 amide bonds. The molecule has 2 aromatic rings. The summed E-state index contributed by atoms with van der Waals surface area (Å²) in [4.78, 5) is 8.86. The number of nitrogens with one attached hydrogen (secondary N) is 2. The third-order valence-corrected chi connectivity index (χ3v) is 3.95. The van der Waals surface area contributed by atoms with Gasteiger partial charge in [-0.1, -0.05) is 13.0 Å². The van der Waals surface area contributed by atoms with Crippen LogP contribution in [0.5, 0.6) is 0 Å². The van der Waals surface area contributed by atoms with Crippen LogP contribution in [-0.2, 0) is 0 Å². The van der Waals surface area contributed by atoms with Crippen LogP contribution in [0.1, 0.15) is 44.7 Å². The zero-order chi connectivity index (χ0) is 16.4. The maximum absolute atomic E-state index is 13.8. The molecule has 122 valence electrons. The van der Waals surface area contributed by atoms with Gasteiger partial charge in [0.25, 0.3) is 0 Å². The molecule has 2 N–H and O–H groups in total. The molecule has 0 saturated heterocycles. The molecule has 1 atom stereocenters. The zero-order valence-electron chi connectivity index (χ0n) is 13.2. The van der Waals surface area contributed by atoms with Gasteiger partial charge in [-0.15, -0.1) is 0 Å². The lowest BCUT2D eigenvalue weighted by Crippen LogP contribution is -2.16. The first-order chi connectivity index (χ1) is 11.1. The topological polar surface area (TPSA) is 49.8 Å². The van der Waals surface area contributed by atoms with Crippen LogP contribution in [0.15, 0.2) is 24.3 Å². The number of hydrogen-bond donors (Lipinski definition) is 2. The van der Waals surface area contributed by atoms with Gasteiger partial charge in [-0.05, 0) is 38.3 Å². The van der Waals surface area contributed by atoms with Crippen molar-refractivity contribution >= 4 is 17.5 Å². The molecule has 1 heterocycles. The first-order valence-corrected chi connectivity index (χ1v) is 7.93. The predicted octanol–water partition coefficient (Wildman–Crippen LogP) is 4.59. The summed E-state index contributed by atoms with van der Waals surface area (Å²) in [7, 11) is 0. The van der Waals surface area contributed by atoms with Crippen LogP contribution in [0.2, 0.25) is 0 Å². The molecular formula is C17H20F2N4. The van der Waals surface area contributed by atoms with Gasteiger partial charge in [0.15, 0.2) is 0 Å². The molecule has 0 aliphatic heterocycles. The first kappa shape index (κ1) is 15.6. The Balaban J connectivity index is 1.91. The van der Waals surface area contributed by atoms with Crippen LogP contribution in [0.3, 0.4) is 0 Å². The molecule has 0 spiro atoms. The Morgan fingerprint density at radius 3 is 2.52 bits per heavy atom. The molecular weight excluding hydrogens is 298 g/mol. The Kier molecular flexibility index (Phi) is 4.41. The van der Waals surface area contributed by atoms with Gasteiger partial charge in [0.05, 0.1) is 5.69 Å². The molecule has 1 aromatic carbocycles. The summed E-state index contributed by atoms with van der Waals surface area (Å²) in [5, 5.41) is 5.97. The van der Waals surface area contributed by atoms with E-state index in [0.717, 1.165) is 25.0 Å². The number of aromatic nitrogens is 2. The van der Waals surface area contributed by atoms with Crippen LogP contribution in [0, 0.1) is 11.6 Å². The van der Waals surface area contributed by atoms with Crippen molar-refractivity contribution in [2.75, 3.05) is 10.6 Å². The van der Waals surface area contributed by atoms with E-state index in [-0.39, 0.29) is 11.7 Å². The van der Waals surface area contributed by atoms with E-state index < -0.39 is 11.6 Å². The van der Waals surface area contributed by atoms with Crippen LogP contribution >= 0.6 is 0 Å². The highest BCUT2D eigenvalue weighted by Gasteiger charge is 2.26. The molecule has 0 radical (unpaired) electrons. The predicted molar refractivity (Wildman–Crippen MR) is 87.0 cm³/mol. The van der Waals surface area contributed by atoms with Crippen molar-refractivity contribution in [3.8, 4) is 0 Å². The largest absolute Gasteiger partial charge is 0.352 e. The molecule has 6 heteroatoms. The van der Waals surface area contributed by atoms with E-state index in [9.17, 15) is 8.78 Å². The Hall–Kier alpha value is -2.24. The summed E-state index contributed by atoms with van der Waals surface area (Å²) in [5.74, 6) is 0.0160. The molecule has 1 saturated carbocycles. The smallest absolute Gasteiger partial charge is 0.225 e. The Bertz CT molecular complexity index is 681. The molecule has 1 aromatic heterocycles. The minimum atomic E-state index is -0.645. The molecule has 1 aliphatic rings. The second kappa shape index (κ2) is 6.48. The molecule has 23 heavy (non-hydrogen) atoms. The van der Waals surface area contributed by atoms with E-state index in [2.05, 4.69) is 27.5 Å². The first-order valence-electron chi connectivity index (χ1n) is 7.93. The van der Waals surface area contributed by atoms with E-state index >= 15 is 0 Å². The van der Waals surface area contributed by atoms with Gasteiger partial charge >= 0.3 is 0 Å². The van der Waals surface area contributed by atoms with Gasteiger partial charge in [-0.2, -0.15) is 4.98 Å². The lowest BCUT2D eigenvalue weighted by Gasteiger charge is -2.15. The molecule has 0 bridgehead atoms. The maximum atomic E-state index is 13.8. The molecule has 1 aliphatic carbocycles. The van der Waals surface area contributed by atoms with Crippen molar-refractivity contribution in [3.63, 3.8) is 0 Å². The average molecular weight is 318 g/mol. The minimum Gasteiger partial charge on any atom is -0.352 e. The van der Waals surface area contributed by atoms with Crippen molar-refractivity contribution in [2.24, 2.45) is 0 Å². The fourth-order valence-corrected chi connectivity index (χ4v) is 2.25. The summed E-state index contributed by atoms with van der Waals surface area (Å²) < 4.78 is 27.6. The van der Waals surface area contributed by atoms with Crippen LogP contribution < -0.4 is 10.6 Å². The van der Waals surface area contributed by atoms with E-state index in [0.29, 0.717) is 17.7 Å². The number of nitrogens with zero attached hydrogens (tertiary/aromatic N) is 2. The second-order valence-electron chi connectivity index (χ2n) is 5.95. The quantitative estimate of drug-likeness (QED) is 0.818. The van der Waals surface area contributed by atoms with Gasteiger partial charge in [-0.3, -0.25) is 0 Å². The summed E-state index contributed by atoms with van der Waals surface area (Å²) >= 11 is 0. The maximum Gasteiger partial charge on any atom is 0.225 e. The Labute approximate surface area is 134 Å². The van der Waals surface area contributed by atoms with Gasteiger partial charge in [0.2, 0.25) is 5.95 Å².